The van der Waals surface area contributed by atoms with Crippen molar-refractivity contribution in [3.05, 3.63) is 237 Å². The van der Waals surface area contributed by atoms with Crippen molar-refractivity contribution in [1.82, 2.24) is 0 Å². The zero-order chi connectivity index (χ0) is 39.8. The first-order chi connectivity index (χ1) is 29.7. The van der Waals surface area contributed by atoms with Crippen LogP contribution in [0.1, 0.15) is 0 Å². The second kappa shape index (κ2) is 15.1. The van der Waals surface area contributed by atoms with Gasteiger partial charge in [-0.2, -0.15) is 0 Å². The number of anilines is 3. The summed E-state index contributed by atoms with van der Waals surface area (Å²) in [5, 5.41) is 5.97. The maximum absolute atomic E-state index is 6.21. The molecular formula is C58H39NO. The molecule has 0 N–H and O–H groups in total. The van der Waals surface area contributed by atoms with Crippen molar-refractivity contribution in [3.63, 3.8) is 0 Å². The Hall–Kier alpha value is -7.94. The monoisotopic (exact) mass is 765 g/mol. The first-order valence-electron chi connectivity index (χ1n) is 20.5. The van der Waals surface area contributed by atoms with E-state index in [1.807, 2.05) is 18.2 Å². The molecular weight excluding hydrogens is 727 g/mol. The molecule has 0 amide bonds. The van der Waals surface area contributed by atoms with Crippen molar-refractivity contribution < 1.29 is 4.42 Å². The number of rotatable bonds is 8. The van der Waals surface area contributed by atoms with E-state index in [0.29, 0.717) is 0 Å². The highest BCUT2D eigenvalue weighted by Gasteiger charge is 2.16. The zero-order valence-electron chi connectivity index (χ0n) is 32.9. The van der Waals surface area contributed by atoms with Crippen molar-refractivity contribution in [1.29, 1.82) is 0 Å². The van der Waals surface area contributed by atoms with Crippen molar-refractivity contribution in [2.75, 3.05) is 4.90 Å². The first kappa shape index (κ1) is 35.2. The fraction of sp³-hybridized carbons (Fsp3) is 0. The van der Waals surface area contributed by atoms with Crippen LogP contribution in [0.3, 0.4) is 0 Å². The summed E-state index contributed by atoms with van der Waals surface area (Å²) in [6, 6.07) is 84.9. The molecule has 0 saturated heterocycles. The Labute approximate surface area is 349 Å². The molecule has 10 aromatic carbocycles. The van der Waals surface area contributed by atoms with Gasteiger partial charge in [-0.1, -0.05) is 176 Å². The first-order valence-corrected chi connectivity index (χ1v) is 20.5. The summed E-state index contributed by atoms with van der Waals surface area (Å²) in [7, 11) is 0. The van der Waals surface area contributed by atoms with Crippen molar-refractivity contribution >= 4 is 49.6 Å². The van der Waals surface area contributed by atoms with Crippen LogP contribution in [0.25, 0.3) is 88.3 Å². The normalized spacial score (nSPS) is 11.3. The summed E-state index contributed by atoms with van der Waals surface area (Å²) < 4.78 is 6.21. The van der Waals surface area contributed by atoms with E-state index in [4.69, 9.17) is 4.42 Å². The van der Waals surface area contributed by atoms with Crippen molar-refractivity contribution in [2.45, 2.75) is 0 Å². The predicted molar refractivity (Wildman–Crippen MR) is 253 cm³/mol. The highest BCUT2D eigenvalue weighted by Crippen LogP contribution is 2.40. The molecule has 0 unspecified atom stereocenters. The summed E-state index contributed by atoms with van der Waals surface area (Å²) in [4.78, 5) is 2.36. The number of furan rings is 1. The maximum atomic E-state index is 6.21. The molecule has 11 rings (SSSR count). The van der Waals surface area contributed by atoms with Gasteiger partial charge in [0, 0.05) is 28.0 Å². The molecule has 0 aliphatic rings. The molecule has 0 spiro atoms. The van der Waals surface area contributed by atoms with Gasteiger partial charge in [-0.3, -0.25) is 0 Å². The summed E-state index contributed by atoms with van der Waals surface area (Å²) in [6.07, 6.45) is 0. The number of para-hydroxylation sites is 1. The molecule has 2 nitrogen and oxygen atoms in total. The van der Waals surface area contributed by atoms with Gasteiger partial charge in [-0.25, -0.2) is 0 Å². The molecule has 0 radical (unpaired) electrons. The molecule has 1 heterocycles. The molecule has 60 heavy (non-hydrogen) atoms. The van der Waals surface area contributed by atoms with Crippen LogP contribution in [0, 0.1) is 0 Å². The molecule has 282 valence electrons. The Balaban J connectivity index is 0.944. The molecule has 0 bridgehead atoms. The Morgan fingerprint density at radius 2 is 0.767 bits per heavy atom. The minimum absolute atomic E-state index is 0.878. The van der Waals surface area contributed by atoms with Crippen molar-refractivity contribution in [3.8, 4) is 55.8 Å². The summed E-state index contributed by atoms with van der Waals surface area (Å²) in [5.74, 6) is 0.878. The van der Waals surface area contributed by atoms with Gasteiger partial charge in [-0.15, -0.1) is 0 Å². The third kappa shape index (κ3) is 6.70. The van der Waals surface area contributed by atoms with Crippen LogP contribution in [0.15, 0.2) is 241 Å². The summed E-state index contributed by atoms with van der Waals surface area (Å²) in [6.45, 7) is 0. The van der Waals surface area contributed by atoms with Crippen LogP contribution >= 0.6 is 0 Å². The van der Waals surface area contributed by atoms with Crippen molar-refractivity contribution in [2.24, 2.45) is 0 Å². The van der Waals surface area contributed by atoms with Gasteiger partial charge in [0.05, 0.1) is 0 Å². The Kier molecular flexibility index (Phi) is 8.87. The maximum Gasteiger partial charge on any atom is 0.135 e. The lowest BCUT2D eigenvalue weighted by Gasteiger charge is -2.26. The standard InChI is InChI=1S/C58H39NO/c1-2-10-40(11-3-1)41-20-22-42(23-21-41)43-26-31-52(32-27-43)59(53-33-28-45(29-34-53)56-18-9-14-44-12-4-6-17-55(44)56)54-35-30-48-36-47(24-25-49(48)38-54)46-15-8-16-50(37-46)58-39-51-13-5-7-19-57(51)60-58/h1-39H. The molecule has 0 saturated carbocycles. The van der Waals surface area contributed by atoms with E-state index in [-0.39, 0.29) is 0 Å². The van der Waals surface area contributed by atoms with E-state index in [0.717, 1.165) is 44.9 Å². The Morgan fingerprint density at radius 1 is 0.267 bits per heavy atom. The third-order valence-electron chi connectivity index (χ3n) is 11.7. The van der Waals surface area contributed by atoms with Gasteiger partial charge < -0.3 is 9.32 Å². The molecule has 11 aromatic rings. The van der Waals surface area contributed by atoms with E-state index in [1.165, 1.54) is 60.5 Å². The molecule has 2 heteroatoms. The second-order valence-electron chi connectivity index (χ2n) is 15.4. The Morgan fingerprint density at radius 3 is 1.52 bits per heavy atom. The van der Waals surface area contributed by atoms with Gasteiger partial charge in [0.1, 0.15) is 11.3 Å². The van der Waals surface area contributed by atoms with Gasteiger partial charge in [0.15, 0.2) is 0 Å². The zero-order valence-corrected chi connectivity index (χ0v) is 32.9. The number of benzene rings is 10. The fourth-order valence-corrected chi connectivity index (χ4v) is 8.53. The second-order valence-corrected chi connectivity index (χ2v) is 15.4. The molecule has 0 aliphatic heterocycles. The lowest BCUT2D eigenvalue weighted by Crippen LogP contribution is -2.09. The van der Waals surface area contributed by atoms with Gasteiger partial charge in [0.25, 0.3) is 0 Å². The Bertz CT molecular complexity index is 3250. The number of nitrogens with zero attached hydrogens (tertiary/aromatic N) is 1. The van der Waals surface area contributed by atoms with Crippen LogP contribution < -0.4 is 4.90 Å². The molecule has 1 aromatic heterocycles. The van der Waals surface area contributed by atoms with Gasteiger partial charge >= 0.3 is 0 Å². The number of hydrogen-bond acceptors (Lipinski definition) is 2. The average molecular weight is 766 g/mol. The van der Waals surface area contributed by atoms with Crippen LogP contribution in [-0.4, -0.2) is 0 Å². The minimum atomic E-state index is 0.878. The van der Waals surface area contributed by atoms with Crippen LogP contribution in [-0.2, 0) is 0 Å². The van der Waals surface area contributed by atoms with Crippen LogP contribution in [0.5, 0.6) is 0 Å². The molecule has 0 fully saturated rings. The SMILES string of the molecule is c1ccc(-c2ccc(-c3ccc(N(c4ccc(-c5cccc6ccccc56)cc4)c4ccc5cc(-c6cccc(-c7cc8ccccc8o7)c6)ccc5c4)cc3)cc2)cc1. The van der Waals surface area contributed by atoms with Crippen LogP contribution in [0.4, 0.5) is 17.1 Å². The van der Waals surface area contributed by atoms with Crippen LogP contribution in [0.2, 0.25) is 0 Å². The predicted octanol–water partition coefficient (Wildman–Crippen LogP) is 16.5. The highest BCUT2D eigenvalue weighted by atomic mass is 16.3. The lowest BCUT2D eigenvalue weighted by atomic mass is 9.97. The largest absolute Gasteiger partial charge is 0.456 e. The number of hydrogen-bond donors (Lipinski definition) is 0. The average Bonchev–Trinajstić information content (AvgIpc) is 3.77. The highest BCUT2D eigenvalue weighted by molar-refractivity contribution is 5.97. The smallest absolute Gasteiger partial charge is 0.135 e. The van der Waals surface area contributed by atoms with Gasteiger partial charge in [0.2, 0.25) is 0 Å². The molecule has 0 atom stereocenters. The topological polar surface area (TPSA) is 16.4 Å². The minimum Gasteiger partial charge on any atom is -0.456 e. The van der Waals surface area contributed by atoms with E-state index in [1.54, 1.807) is 0 Å². The van der Waals surface area contributed by atoms with E-state index in [2.05, 4.69) is 223 Å². The van der Waals surface area contributed by atoms with E-state index >= 15 is 0 Å². The summed E-state index contributed by atoms with van der Waals surface area (Å²) >= 11 is 0. The van der Waals surface area contributed by atoms with E-state index in [9.17, 15) is 0 Å². The summed E-state index contributed by atoms with van der Waals surface area (Å²) in [5.41, 5.74) is 14.8. The number of fused-ring (bicyclic) bond motifs is 3. The fourth-order valence-electron chi connectivity index (χ4n) is 8.53. The van der Waals surface area contributed by atoms with Gasteiger partial charge in [-0.05, 0) is 127 Å². The van der Waals surface area contributed by atoms with E-state index < -0.39 is 0 Å². The lowest BCUT2D eigenvalue weighted by molar-refractivity contribution is 0.631. The molecule has 0 aliphatic carbocycles. The quantitative estimate of drug-likeness (QED) is 0.153. The third-order valence-corrected chi connectivity index (χ3v) is 11.7.